The van der Waals surface area contributed by atoms with Crippen LogP contribution in [-0.2, 0) is 4.84 Å². The Kier molecular flexibility index (Phi) is 6.47. The molecule has 2 atom stereocenters. The normalized spacial score (nSPS) is 21.2. The predicted molar refractivity (Wildman–Crippen MR) is 92.5 cm³/mol. The Morgan fingerprint density at radius 3 is 2.48 bits per heavy atom. The van der Waals surface area contributed by atoms with Gasteiger partial charge in [0.15, 0.2) is 0 Å². The number of aliphatic hydroxyl groups is 1. The fourth-order valence-electron chi connectivity index (χ4n) is 3.16. The fourth-order valence-corrected chi connectivity index (χ4v) is 3.16. The number of hydrazine groups is 1. The number of aliphatic hydroxyl groups excluding tert-OH is 1. The van der Waals surface area contributed by atoms with Crippen LogP contribution < -0.4 is 4.74 Å². The van der Waals surface area contributed by atoms with Crippen LogP contribution in [0.3, 0.4) is 0 Å². The van der Waals surface area contributed by atoms with Gasteiger partial charge >= 0.3 is 0 Å². The van der Waals surface area contributed by atoms with Crippen molar-refractivity contribution >= 4 is 0 Å². The van der Waals surface area contributed by atoms with E-state index in [-0.39, 0.29) is 24.8 Å². The molecule has 2 rings (SSSR count). The molecule has 1 aliphatic carbocycles. The zero-order chi connectivity index (χ0) is 18.4. The quantitative estimate of drug-likeness (QED) is 0.448. The minimum atomic E-state index is -0.383. The summed E-state index contributed by atoms with van der Waals surface area (Å²) in [5, 5.41) is 24.7. The maximum atomic E-state index is 10.1. The molecular weight excluding hydrogens is 322 g/mol. The van der Waals surface area contributed by atoms with E-state index < -0.39 is 0 Å². The Bertz CT molecular complexity index is 569. The number of benzene rings is 1. The molecule has 7 heteroatoms. The second-order valence-electron chi connectivity index (χ2n) is 7.38. The summed E-state index contributed by atoms with van der Waals surface area (Å²) in [5.41, 5.74) is 0.885. The molecule has 7 nitrogen and oxygen atoms in total. The first kappa shape index (κ1) is 19.3. The van der Waals surface area contributed by atoms with Gasteiger partial charge in [0, 0.05) is 0 Å². The van der Waals surface area contributed by atoms with Crippen LogP contribution in [0.1, 0.15) is 51.5 Å². The van der Waals surface area contributed by atoms with Gasteiger partial charge < -0.3 is 14.7 Å². The fraction of sp³-hybridized carbons (Fsp3) is 0.667. The highest BCUT2D eigenvalue weighted by molar-refractivity contribution is 5.29. The molecule has 0 unspecified atom stereocenters. The molecule has 1 aromatic carbocycles. The minimum Gasteiger partial charge on any atom is -0.497 e. The third kappa shape index (κ3) is 5.22. The first-order chi connectivity index (χ1) is 11.8. The highest BCUT2D eigenvalue weighted by Crippen LogP contribution is 2.36. The first-order valence-electron chi connectivity index (χ1n) is 8.73. The van der Waals surface area contributed by atoms with Crippen LogP contribution in [0.4, 0.5) is 0 Å². The third-order valence-corrected chi connectivity index (χ3v) is 4.54. The van der Waals surface area contributed by atoms with Gasteiger partial charge in [-0.3, -0.25) is 0 Å². The van der Waals surface area contributed by atoms with Crippen LogP contribution >= 0.6 is 0 Å². The lowest BCUT2D eigenvalue weighted by Gasteiger charge is -2.25. The van der Waals surface area contributed by atoms with Crippen molar-refractivity contribution in [2.45, 2.75) is 57.6 Å². The number of hydrogen-bond donors (Lipinski definition) is 2. The second-order valence-corrected chi connectivity index (χ2v) is 7.38. The first-order valence-corrected chi connectivity index (χ1v) is 8.73. The van der Waals surface area contributed by atoms with E-state index in [4.69, 9.17) is 14.7 Å². The summed E-state index contributed by atoms with van der Waals surface area (Å²) in [5.74, 6) is 1.28. The molecule has 0 spiro atoms. The van der Waals surface area contributed by atoms with Crippen molar-refractivity contribution in [3.8, 4) is 5.75 Å². The lowest BCUT2D eigenvalue weighted by atomic mass is 9.98. The highest BCUT2D eigenvalue weighted by Gasteiger charge is 2.34. The van der Waals surface area contributed by atoms with Crippen molar-refractivity contribution in [3.05, 3.63) is 29.8 Å². The number of nitrogens with zero attached hydrogens (tertiary/aromatic N) is 3. The molecular formula is C18H30N3O4+. The van der Waals surface area contributed by atoms with Gasteiger partial charge in [0.2, 0.25) is 0 Å². The zero-order valence-electron chi connectivity index (χ0n) is 15.6. The SMILES string of the molecule is COc1ccc([C@@H]2CC[C@@H](O/N=[N+](\O)N(CCO)C(C)(C)C)C2)cc1. The zero-order valence-corrected chi connectivity index (χ0v) is 15.6. The summed E-state index contributed by atoms with van der Waals surface area (Å²) < 4.78 is 5.19. The lowest BCUT2D eigenvalue weighted by Crippen LogP contribution is -2.48. The molecule has 0 bridgehead atoms. The standard InChI is InChI=1S/C18H30N3O4/c1-18(2,3)20(11-12-22)21(23)19-25-17-10-7-15(13-17)14-5-8-16(24-4)9-6-14/h5-6,8-9,15,17,22H,7,10-13H2,1-4H3,(H,19,23)/q+1/t15-,17-/m1/s1. The highest BCUT2D eigenvalue weighted by atomic mass is 16.7. The van der Waals surface area contributed by atoms with Gasteiger partial charge in [0.1, 0.15) is 18.4 Å². The molecule has 0 saturated heterocycles. The smallest absolute Gasteiger partial charge is 0.274 e. The van der Waals surface area contributed by atoms with Crippen molar-refractivity contribution in [2.75, 3.05) is 20.3 Å². The Labute approximate surface area is 149 Å². The molecule has 0 aliphatic heterocycles. The van der Waals surface area contributed by atoms with Gasteiger partial charge in [-0.25, -0.2) is 5.21 Å². The van der Waals surface area contributed by atoms with Crippen molar-refractivity contribution in [3.63, 3.8) is 0 Å². The average Bonchev–Trinajstić information content (AvgIpc) is 3.05. The molecule has 25 heavy (non-hydrogen) atoms. The van der Waals surface area contributed by atoms with Crippen molar-refractivity contribution in [1.29, 1.82) is 0 Å². The Hall–Kier alpha value is -2.02. The maximum absolute atomic E-state index is 10.1. The number of β-amino-alcohol motifs (C(OH)–C–C–N with tert-alkyl or cyclic N) is 1. The van der Waals surface area contributed by atoms with Gasteiger partial charge in [-0.2, -0.15) is 0 Å². The van der Waals surface area contributed by atoms with Crippen LogP contribution in [0, 0.1) is 0 Å². The maximum Gasteiger partial charge on any atom is 0.274 e. The van der Waals surface area contributed by atoms with Gasteiger partial charge in [-0.05, 0) is 63.6 Å². The van der Waals surface area contributed by atoms with Gasteiger partial charge in [0.25, 0.3) is 10.2 Å². The largest absolute Gasteiger partial charge is 0.497 e. The molecule has 140 valence electrons. The monoisotopic (exact) mass is 352 g/mol. The third-order valence-electron chi connectivity index (χ3n) is 4.54. The van der Waals surface area contributed by atoms with E-state index in [1.54, 1.807) is 12.1 Å². The second kappa shape index (κ2) is 8.38. The number of methoxy groups -OCH3 is 1. The van der Waals surface area contributed by atoms with Crippen molar-refractivity contribution in [2.24, 2.45) is 5.28 Å². The topological polar surface area (TPSA) is 77.5 Å². The molecule has 0 aromatic heterocycles. The number of hydrogen-bond acceptors (Lipinski definition) is 4. The van der Waals surface area contributed by atoms with Crippen molar-refractivity contribution in [1.82, 2.24) is 5.01 Å². The minimum absolute atomic E-state index is 0.0299. The molecule has 1 aromatic rings. The summed E-state index contributed by atoms with van der Waals surface area (Å²) in [6.45, 7) is 5.98. The van der Waals surface area contributed by atoms with E-state index in [1.165, 1.54) is 5.56 Å². The molecule has 1 aliphatic rings. The molecule has 0 amide bonds. The number of ether oxygens (including phenoxy) is 1. The van der Waals surface area contributed by atoms with E-state index in [1.807, 2.05) is 32.9 Å². The van der Waals surface area contributed by atoms with Crippen LogP contribution in [0.2, 0.25) is 0 Å². The lowest BCUT2D eigenvalue weighted by molar-refractivity contribution is -0.949. The van der Waals surface area contributed by atoms with E-state index in [9.17, 15) is 5.21 Å². The summed E-state index contributed by atoms with van der Waals surface area (Å²) in [4.78, 5) is 6.24. The summed E-state index contributed by atoms with van der Waals surface area (Å²) in [6, 6.07) is 8.12. The van der Waals surface area contributed by atoms with E-state index in [2.05, 4.69) is 17.4 Å². The Balaban J connectivity index is 1.93. The van der Waals surface area contributed by atoms with E-state index in [0.29, 0.717) is 10.9 Å². The van der Waals surface area contributed by atoms with E-state index >= 15 is 0 Å². The summed E-state index contributed by atoms with van der Waals surface area (Å²) >= 11 is 0. The molecule has 1 saturated carbocycles. The molecule has 0 radical (unpaired) electrons. The summed E-state index contributed by atoms with van der Waals surface area (Å²) in [7, 11) is 1.66. The Morgan fingerprint density at radius 1 is 1.24 bits per heavy atom. The van der Waals surface area contributed by atoms with Crippen LogP contribution in [0.5, 0.6) is 5.75 Å². The number of rotatable bonds is 7. The van der Waals surface area contributed by atoms with E-state index in [0.717, 1.165) is 25.0 Å². The molecule has 1 fully saturated rings. The van der Waals surface area contributed by atoms with Crippen LogP contribution in [-0.4, -0.2) is 52.2 Å². The van der Waals surface area contributed by atoms with Gasteiger partial charge in [-0.1, -0.05) is 12.1 Å². The molecule has 2 N–H and O–H groups in total. The van der Waals surface area contributed by atoms with Crippen LogP contribution in [0.25, 0.3) is 0 Å². The Morgan fingerprint density at radius 2 is 1.92 bits per heavy atom. The van der Waals surface area contributed by atoms with Gasteiger partial charge in [0.05, 0.1) is 19.3 Å². The van der Waals surface area contributed by atoms with Gasteiger partial charge in [-0.15, -0.1) is 5.01 Å². The van der Waals surface area contributed by atoms with Crippen LogP contribution in [0.15, 0.2) is 29.5 Å². The van der Waals surface area contributed by atoms with Crippen molar-refractivity contribution < 1.29 is 24.9 Å². The molecule has 0 heterocycles. The average molecular weight is 352 g/mol. The predicted octanol–water partition coefficient (Wildman–Crippen LogP) is 3.12. The summed E-state index contributed by atoms with van der Waals surface area (Å²) in [6.07, 6.45) is 2.75.